The second-order valence-corrected chi connectivity index (χ2v) is 4.39. The summed E-state index contributed by atoms with van der Waals surface area (Å²) in [5.74, 6) is -1.27. The first kappa shape index (κ1) is 11.6. The first-order valence-electron chi connectivity index (χ1n) is 5.39. The molecule has 0 unspecified atom stereocenters. The van der Waals surface area contributed by atoms with Crippen LogP contribution in [-0.2, 0) is 6.42 Å². The van der Waals surface area contributed by atoms with E-state index >= 15 is 0 Å². The molecule has 2 rings (SSSR count). The van der Waals surface area contributed by atoms with Crippen LogP contribution >= 0.6 is 0 Å². The molecule has 2 heterocycles. The highest BCUT2D eigenvalue weighted by atomic mass is 19.1. The molecule has 0 saturated carbocycles. The average molecular weight is 236 g/mol. The van der Waals surface area contributed by atoms with E-state index in [1.165, 1.54) is 16.5 Å². The van der Waals surface area contributed by atoms with E-state index in [1.807, 2.05) is 13.8 Å². The predicted molar refractivity (Wildman–Crippen MR) is 60.7 cm³/mol. The summed E-state index contributed by atoms with van der Waals surface area (Å²) in [6, 6.07) is 2.75. The normalized spacial score (nSPS) is 11.3. The SMILES string of the molecule is CC(C)Cc1nc2ccc(F)cn2c1C(=O)O. The maximum absolute atomic E-state index is 13.1. The van der Waals surface area contributed by atoms with Gasteiger partial charge < -0.3 is 5.11 Å². The zero-order chi connectivity index (χ0) is 12.6. The van der Waals surface area contributed by atoms with Crippen molar-refractivity contribution in [3.8, 4) is 0 Å². The van der Waals surface area contributed by atoms with Crippen molar-refractivity contribution in [1.82, 2.24) is 9.38 Å². The van der Waals surface area contributed by atoms with Crippen LogP contribution in [0, 0.1) is 11.7 Å². The smallest absolute Gasteiger partial charge is 0.354 e. The number of carbonyl (C=O) groups is 1. The molecule has 0 aliphatic carbocycles. The van der Waals surface area contributed by atoms with Gasteiger partial charge in [-0.2, -0.15) is 0 Å². The number of carboxylic acids is 1. The molecule has 90 valence electrons. The second kappa shape index (κ2) is 4.16. The molecular weight excluding hydrogens is 223 g/mol. The maximum atomic E-state index is 13.1. The average Bonchev–Trinajstić information content (AvgIpc) is 2.53. The molecule has 0 bridgehead atoms. The van der Waals surface area contributed by atoms with Crippen molar-refractivity contribution < 1.29 is 14.3 Å². The summed E-state index contributed by atoms with van der Waals surface area (Å²) >= 11 is 0. The number of aromatic carboxylic acids is 1. The van der Waals surface area contributed by atoms with Gasteiger partial charge in [-0.1, -0.05) is 13.8 Å². The number of hydrogen-bond acceptors (Lipinski definition) is 2. The van der Waals surface area contributed by atoms with Crippen LogP contribution in [0.25, 0.3) is 5.65 Å². The Kier molecular flexibility index (Phi) is 2.83. The molecule has 0 amide bonds. The molecule has 5 heteroatoms. The van der Waals surface area contributed by atoms with E-state index in [4.69, 9.17) is 0 Å². The lowest BCUT2D eigenvalue weighted by Gasteiger charge is -2.02. The van der Waals surface area contributed by atoms with Gasteiger partial charge in [0, 0.05) is 6.20 Å². The molecule has 0 aliphatic rings. The molecule has 0 saturated heterocycles. The van der Waals surface area contributed by atoms with Crippen molar-refractivity contribution in [1.29, 1.82) is 0 Å². The summed E-state index contributed by atoms with van der Waals surface area (Å²) in [7, 11) is 0. The van der Waals surface area contributed by atoms with E-state index in [2.05, 4.69) is 4.98 Å². The van der Waals surface area contributed by atoms with Gasteiger partial charge in [-0.25, -0.2) is 14.2 Å². The van der Waals surface area contributed by atoms with Gasteiger partial charge in [0.2, 0.25) is 0 Å². The fourth-order valence-electron chi connectivity index (χ4n) is 1.82. The number of carboxylic acid groups (broad SMARTS) is 1. The van der Waals surface area contributed by atoms with E-state index < -0.39 is 11.8 Å². The van der Waals surface area contributed by atoms with Crippen molar-refractivity contribution in [3.05, 3.63) is 35.5 Å². The molecule has 4 nitrogen and oxygen atoms in total. The molecule has 1 N–H and O–H groups in total. The monoisotopic (exact) mass is 236 g/mol. The van der Waals surface area contributed by atoms with Crippen LogP contribution in [0.3, 0.4) is 0 Å². The van der Waals surface area contributed by atoms with E-state index in [0.717, 1.165) is 6.20 Å². The Balaban J connectivity index is 2.67. The zero-order valence-corrected chi connectivity index (χ0v) is 9.64. The Morgan fingerprint density at radius 1 is 1.53 bits per heavy atom. The first-order valence-corrected chi connectivity index (χ1v) is 5.39. The number of rotatable bonds is 3. The highest BCUT2D eigenvalue weighted by molar-refractivity contribution is 5.88. The van der Waals surface area contributed by atoms with Crippen LogP contribution in [0.15, 0.2) is 18.3 Å². The van der Waals surface area contributed by atoms with Crippen LogP contribution in [0.1, 0.15) is 30.0 Å². The van der Waals surface area contributed by atoms with Crippen molar-refractivity contribution in [2.45, 2.75) is 20.3 Å². The fourth-order valence-corrected chi connectivity index (χ4v) is 1.82. The molecule has 0 aromatic carbocycles. The second-order valence-electron chi connectivity index (χ2n) is 4.39. The Labute approximate surface area is 97.7 Å². The van der Waals surface area contributed by atoms with Gasteiger partial charge in [0.15, 0.2) is 5.69 Å². The quantitative estimate of drug-likeness (QED) is 0.890. The Bertz CT molecular complexity index is 575. The van der Waals surface area contributed by atoms with Crippen LogP contribution in [-0.4, -0.2) is 20.5 Å². The number of halogens is 1. The van der Waals surface area contributed by atoms with E-state index in [-0.39, 0.29) is 5.69 Å². The molecule has 2 aromatic rings. The molecule has 0 radical (unpaired) electrons. The van der Waals surface area contributed by atoms with Crippen molar-refractivity contribution in [2.24, 2.45) is 5.92 Å². The first-order chi connectivity index (χ1) is 7.99. The summed E-state index contributed by atoms with van der Waals surface area (Å²) in [6.45, 7) is 3.96. The Morgan fingerprint density at radius 3 is 2.82 bits per heavy atom. The predicted octanol–water partition coefficient (Wildman–Crippen LogP) is 2.37. The van der Waals surface area contributed by atoms with Gasteiger partial charge in [0.05, 0.1) is 5.69 Å². The van der Waals surface area contributed by atoms with Gasteiger partial charge in [-0.3, -0.25) is 4.40 Å². The minimum Gasteiger partial charge on any atom is -0.477 e. The molecule has 0 fully saturated rings. The van der Waals surface area contributed by atoms with Crippen molar-refractivity contribution in [3.63, 3.8) is 0 Å². The molecule has 0 spiro atoms. The third kappa shape index (κ3) is 2.13. The minimum absolute atomic E-state index is 0.0493. The van der Waals surface area contributed by atoms with Crippen LogP contribution < -0.4 is 0 Å². The van der Waals surface area contributed by atoms with E-state index in [9.17, 15) is 14.3 Å². The van der Waals surface area contributed by atoms with Crippen LogP contribution in [0.5, 0.6) is 0 Å². The summed E-state index contributed by atoms with van der Waals surface area (Å²) in [4.78, 5) is 15.4. The summed E-state index contributed by atoms with van der Waals surface area (Å²) < 4.78 is 14.4. The van der Waals surface area contributed by atoms with Crippen LogP contribution in [0.2, 0.25) is 0 Å². The molecule has 0 atom stereocenters. The summed E-state index contributed by atoms with van der Waals surface area (Å²) in [6.07, 6.45) is 1.71. The minimum atomic E-state index is -1.08. The zero-order valence-electron chi connectivity index (χ0n) is 9.64. The van der Waals surface area contributed by atoms with Crippen molar-refractivity contribution >= 4 is 11.6 Å². The lowest BCUT2D eigenvalue weighted by Crippen LogP contribution is -2.07. The number of fused-ring (bicyclic) bond motifs is 1. The largest absolute Gasteiger partial charge is 0.477 e. The lowest BCUT2D eigenvalue weighted by atomic mass is 10.1. The standard InChI is InChI=1S/C12H13FN2O2/c1-7(2)5-9-11(12(16)17)15-6-8(13)3-4-10(15)14-9/h3-4,6-7H,5H2,1-2H3,(H,16,17). The Morgan fingerprint density at radius 2 is 2.24 bits per heavy atom. The topological polar surface area (TPSA) is 54.6 Å². The number of pyridine rings is 1. The molecular formula is C12H13FN2O2. The highest BCUT2D eigenvalue weighted by Crippen LogP contribution is 2.17. The Hall–Kier alpha value is -1.91. The van der Waals surface area contributed by atoms with Crippen LogP contribution in [0.4, 0.5) is 4.39 Å². The van der Waals surface area contributed by atoms with E-state index in [0.29, 0.717) is 23.7 Å². The fraction of sp³-hybridized carbons (Fsp3) is 0.333. The third-order valence-corrected chi connectivity index (χ3v) is 2.46. The van der Waals surface area contributed by atoms with Crippen molar-refractivity contribution in [2.75, 3.05) is 0 Å². The number of nitrogens with zero attached hydrogens (tertiary/aromatic N) is 2. The highest BCUT2D eigenvalue weighted by Gasteiger charge is 2.19. The maximum Gasteiger partial charge on any atom is 0.354 e. The third-order valence-electron chi connectivity index (χ3n) is 2.46. The number of imidazole rings is 1. The summed E-state index contributed by atoms with van der Waals surface area (Å²) in [5, 5.41) is 9.17. The lowest BCUT2D eigenvalue weighted by molar-refractivity contribution is 0.0688. The van der Waals surface area contributed by atoms with Gasteiger partial charge in [0.1, 0.15) is 11.5 Å². The molecule has 0 aliphatic heterocycles. The number of aromatic nitrogens is 2. The van der Waals surface area contributed by atoms with Gasteiger partial charge in [-0.05, 0) is 24.5 Å². The van der Waals surface area contributed by atoms with Gasteiger partial charge in [-0.15, -0.1) is 0 Å². The molecule has 17 heavy (non-hydrogen) atoms. The van der Waals surface area contributed by atoms with E-state index in [1.54, 1.807) is 0 Å². The van der Waals surface area contributed by atoms with Gasteiger partial charge in [0.25, 0.3) is 0 Å². The van der Waals surface area contributed by atoms with Gasteiger partial charge >= 0.3 is 5.97 Å². The number of hydrogen-bond donors (Lipinski definition) is 1. The molecule has 2 aromatic heterocycles. The summed E-state index contributed by atoms with van der Waals surface area (Å²) in [5.41, 5.74) is 1.01.